The summed E-state index contributed by atoms with van der Waals surface area (Å²) in [6.07, 6.45) is 2.87. The molecule has 0 saturated carbocycles. The topological polar surface area (TPSA) is 73.8 Å². The predicted octanol–water partition coefficient (Wildman–Crippen LogP) is 2.95. The molecule has 2 heterocycles. The fourth-order valence-electron chi connectivity index (χ4n) is 1.80. The van der Waals surface area contributed by atoms with E-state index in [4.69, 9.17) is 11.6 Å². The molecule has 100 valence electrons. The van der Waals surface area contributed by atoms with Crippen molar-refractivity contribution in [2.24, 2.45) is 0 Å². The molecule has 19 heavy (non-hydrogen) atoms. The largest absolute Gasteiger partial charge is 0.315 e. The van der Waals surface area contributed by atoms with Gasteiger partial charge in [-0.2, -0.15) is 5.10 Å². The fourth-order valence-corrected chi connectivity index (χ4v) is 1.95. The molecule has 2 aromatic rings. The van der Waals surface area contributed by atoms with E-state index in [0.717, 1.165) is 17.8 Å². The maximum atomic E-state index is 11.1. The molecule has 0 unspecified atom stereocenters. The summed E-state index contributed by atoms with van der Waals surface area (Å²) >= 11 is 5.76. The first-order valence-corrected chi connectivity index (χ1v) is 6.32. The van der Waals surface area contributed by atoms with Gasteiger partial charge >= 0.3 is 5.69 Å². The minimum atomic E-state index is -0.499. The smallest absolute Gasteiger partial charge is 0.258 e. The summed E-state index contributed by atoms with van der Waals surface area (Å²) in [4.78, 5) is 14.6. The van der Waals surface area contributed by atoms with Crippen LogP contribution in [0, 0.1) is 10.1 Å². The first-order chi connectivity index (χ1) is 9.06. The summed E-state index contributed by atoms with van der Waals surface area (Å²) in [5, 5.41) is 15.7. The van der Waals surface area contributed by atoms with Crippen LogP contribution in [0.2, 0.25) is 5.02 Å². The molecule has 0 N–H and O–H groups in total. The van der Waals surface area contributed by atoms with Crippen molar-refractivity contribution >= 4 is 17.3 Å². The molecular formula is C12H13ClN4O2. The van der Waals surface area contributed by atoms with Gasteiger partial charge in [-0.15, -0.1) is 0 Å². The number of halogens is 1. The summed E-state index contributed by atoms with van der Waals surface area (Å²) in [6, 6.07) is 3.22. The second-order valence-electron chi connectivity index (χ2n) is 4.00. The maximum absolute atomic E-state index is 11.1. The Bertz CT molecular complexity index is 624. The van der Waals surface area contributed by atoms with Crippen LogP contribution in [0.3, 0.4) is 0 Å². The molecule has 0 spiro atoms. The van der Waals surface area contributed by atoms with Crippen LogP contribution < -0.4 is 0 Å². The van der Waals surface area contributed by atoms with Crippen molar-refractivity contribution in [3.8, 4) is 5.82 Å². The Kier molecular flexibility index (Phi) is 3.80. The van der Waals surface area contributed by atoms with Crippen molar-refractivity contribution in [3.05, 3.63) is 44.9 Å². The van der Waals surface area contributed by atoms with Crippen LogP contribution in [0.1, 0.15) is 25.2 Å². The maximum Gasteiger partial charge on any atom is 0.315 e. The number of rotatable bonds is 4. The van der Waals surface area contributed by atoms with E-state index in [0.29, 0.717) is 6.42 Å². The Morgan fingerprint density at radius 2 is 2.11 bits per heavy atom. The highest BCUT2D eigenvalue weighted by atomic mass is 35.5. The number of hydrogen-bond donors (Lipinski definition) is 0. The SMILES string of the molecule is CCc1cc(CC)n(-c2ncc(Cl)cc2[N+](=O)[O-])n1. The molecule has 0 aliphatic heterocycles. The van der Waals surface area contributed by atoms with Gasteiger partial charge in [-0.1, -0.05) is 25.4 Å². The molecule has 0 aliphatic rings. The Labute approximate surface area is 115 Å². The lowest BCUT2D eigenvalue weighted by Crippen LogP contribution is -2.07. The van der Waals surface area contributed by atoms with Gasteiger partial charge in [0.15, 0.2) is 0 Å². The zero-order valence-electron chi connectivity index (χ0n) is 10.6. The molecule has 0 amide bonds. The van der Waals surface area contributed by atoms with Crippen LogP contribution in [0.25, 0.3) is 5.82 Å². The normalized spacial score (nSPS) is 10.7. The highest BCUT2D eigenvalue weighted by Crippen LogP contribution is 2.25. The number of pyridine rings is 1. The number of aromatic nitrogens is 3. The minimum Gasteiger partial charge on any atom is -0.258 e. The van der Waals surface area contributed by atoms with Gasteiger partial charge in [0.25, 0.3) is 0 Å². The first-order valence-electron chi connectivity index (χ1n) is 5.95. The van der Waals surface area contributed by atoms with Gasteiger partial charge in [-0.05, 0) is 18.9 Å². The molecule has 0 fully saturated rings. The van der Waals surface area contributed by atoms with E-state index in [-0.39, 0.29) is 16.5 Å². The highest BCUT2D eigenvalue weighted by Gasteiger charge is 2.20. The predicted molar refractivity (Wildman–Crippen MR) is 71.8 cm³/mol. The van der Waals surface area contributed by atoms with E-state index in [1.807, 2.05) is 19.9 Å². The third-order valence-electron chi connectivity index (χ3n) is 2.77. The van der Waals surface area contributed by atoms with E-state index < -0.39 is 4.92 Å². The summed E-state index contributed by atoms with van der Waals surface area (Å²) < 4.78 is 1.52. The molecule has 0 atom stereocenters. The second kappa shape index (κ2) is 5.36. The van der Waals surface area contributed by atoms with Crippen molar-refractivity contribution < 1.29 is 4.92 Å². The summed E-state index contributed by atoms with van der Waals surface area (Å²) in [5.41, 5.74) is 1.62. The van der Waals surface area contributed by atoms with E-state index in [9.17, 15) is 10.1 Å². The first kappa shape index (κ1) is 13.5. The molecule has 0 aliphatic carbocycles. The highest BCUT2D eigenvalue weighted by molar-refractivity contribution is 6.30. The molecule has 0 aromatic carbocycles. The summed E-state index contributed by atoms with van der Waals surface area (Å²) in [7, 11) is 0. The Morgan fingerprint density at radius 3 is 2.68 bits per heavy atom. The van der Waals surface area contributed by atoms with Gasteiger partial charge in [0.05, 0.1) is 15.6 Å². The van der Waals surface area contributed by atoms with Gasteiger partial charge in [0, 0.05) is 18.0 Å². The zero-order valence-corrected chi connectivity index (χ0v) is 11.4. The van der Waals surface area contributed by atoms with Crippen LogP contribution in [-0.2, 0) is 12.8 Å². The summed E-state index contributed by atoms with van der Waals surface area (Å²) in [6.45, 7) is 3.95. The van der Waals surface area contributed by atoms with Crippen molar-refractivity contribution in [2.75, 3.05) is 0 Å². The number of aryl methyl sites for hydroxylation is 2. The molecule has 0 bridgehead atoms. The number of nitrogens with zero attached hydrogens (tertiary/aromatic N) is 4. The quantitative estimate of drug-likeness (QED) is 0.637. The van der Waals surface area contributed by atoms with Crippen LogP contribution in [0.15, 0.2) is 18.3 Å². The van der Waals surface area contributed by atoms with Crippen molar-refractivity contribution in [2.45, 2.75) is 26.7 Å². The fraction of sp³-hybridized carbons (Fsp3) is 0.333. The Hall–Kier alpha value is -1.95. The van der Waals surface area contributed by atoms with Gasteiger partial charge < -0.3 is 0 Å². The van der Waals surface area contributed by atoms with E-state index in [1.54, 1.807) is 0 Å². The molecule has 0 radical (unpaired) electrons. The third-order valence-corrected chi connectivity index (χ3v) is 2.98. The lowest BCUT2D eigenvalue weighted by molar-refractivity contribution is -0.384. The lowest BCUT2D eigenvalue weighted by atomic mass is 10.2. The Balaban J connectivity index is 2.64. The van der Waals surface area contributed by atoms with Crippen LogP contribution in [0.4, 0.5) is 5.69 Å². The van der Waals surface area contributed by atoms with Crippen molar-refractivity contribution in [1.82, 2.24) is 14.8 Å². The van der Waals surface area contributed by atoms with Crippen molar-refractivity contribution in [1.29, 1.82) is 0 Å². The number of hydrogen-bond acceptors (Lipinski definition) is 4. The lowest BCUT2D eigenvalue weighted by Gasteiger charge is -2.05. The molecular weight excluding hydrogens is 268 g/mol. The molecule has 0 saturated heterocycles. The standard InChI is InChI=1S/C12H13ClN4O2/c1-3-9-6-10(4-2)16(15-9)12-11(17(18)19)5-8(13)7-14-12/h5-7H,3-4H2,1-2H3. The second-order valence-corrected chi connectivity index (χ2v) is 4.44. The molecule has 2 aromatic heterocycles. The monoisotopic (exact) mass is 280 g/mol. The van der Waals surface area contributed by atoms with Crippen LogP contribution >= 0.6 is 11.6 Å². The summed E-state index contributed by atoms with van der Waals surface area (Å²) in [5.74, 6) is 0.200. The minimum absolute atomic E-state index is 0.145. The zero-order chi connectivity index (χ0) is 14.0. The van der Waals surface area contributed by atoms with E-state index in [2.05, 4.69) is 10.1 Å². The third kappa shape index (κ3) is 2.58. The average molecular weight is 281 g/mol. The average Bonchev–Trinajstić information content (AvgIpc) is 2.81. The molecule has 2 rings (SSSR count). The van der Waals surface area contributed by atoms with E-state index in [1.165, 1.54) is 16.9 Å². The molecule has 7 heteroatoms. The van der Waals surface area contributed by atoms with Crippen molar-refractivity contribution in [3.63, 3.8) is 0 Å². The van der Waals surface area contributed by atoms with Gasteiger partial charge in [-0.25, -0.2) is 9.67 Å². The van der Waals surface area contributed by atoms with Gasteiger partial charge in [-0.3, -0.25) is 10.1 Å². The Morgan fingerprint density at radius 1 is 1.37 bits per heavy atom. The van der Waals surface area contributed by atoms with Crippen LogP contribution in [-0.4, -0.2) is 19.7 Å². The van der Waals surface area contributed by atoms with Crippen LogP contribution in [0.5, 0.6) is 0 Å². The number of nitro groups is 1. The van der Waals surface area contributed by atoms with Gasteiger partial charge in [0.2, 0.25) is 5.82 Å². The van der Waals surface area contributed by atoms with E-state index >= 15 is 0 Å². The molecule has 6 nitrogen and oxygen atoms in total. The van der Waals surface area contributed by atoms with Gasteiger partial charge in [0.1, 0.15) is 0 Å².